The summed E-state index contributed by atoms with van der Waals surface area (Å²) in [6.07, 6.45) is 4.09. The van der Waals surface area contributed by atoms with Gasteiger partial charge in [0.1, 0.15) is 18.7 Å². The van der Waals surface area contributed by atoms with Crippen LogP contribution < -0.4 is 4.90 Å². The number of esters is 1. The monoisotopic (exact) mass is 367 g/mol. The normalized spacial score (nSPS) is 17.2. The fourth-order valence-electron chi connectivity index (χ4n) is 3.40. The van der Waals surface area contributed by atoms with Crippen molar-refractivity contribution in [3.05, 3.63) is 48.4 Å². The molecule has 0 aliphatic carbocycles. The van der Waals surface area contributed by atoms with Gasteiger partial charge >= 0.3 is 5.97 Å². The van der Waals surface area contributed by atoms with Gasteiger partial charge < -0.3 is 14.4 Å². The van der Waals surface area contributed by atoms with Gasteiger partial charge in [-0.05, 0) is 12.0 Å². The Morgan fingerprint density at radius 1 is 1.30 bits per heavy atom. The van der Waals surface area contributed by atoms with Crippen molar-refractivity contribution in [3.63, 3.8) is 0 Å². The van der Waals surface area contributed by atoms with Crippen LogP contribution in [0.1, 0.15) is 5.56 Å². The van der Waals surface area contributed by atoms with Crippen LogP contribution >= 0.6 is 0 Å². The highest BCUT2D eigenvalue weighted by molar-refractivity contribution is 5.87. The molecule has 1 fully saturated rings. The number of ether oxygens (including phenoxy) is 2. The van der Waals surface area contributed by atoms with E-state index in [9.17, 15) is 4.79 Å². The Balaban J connectivity index is 1.66. The van der Waals surface area contributed by atoms with Crippen LogP contribution in [-0.2, 0) is 27.2 Å². The highest BCUT2D eigenvalue weighted by Gasteiger charge is 2.27. The molecule has 1 aromatic carbocycles. The minimum absolute atomic E-state index is 0.0208. The zero-order valence-electron chi connectivity index (χ0n) is 15.1. The number of nitrogens with zero attached hydrogens (tertiary/aromatic N) is 5. The third kappa shape index (κ3) is 3.61. The van der Waals surface area contributed by atoms with Gasteiger partial charge in [0, 0.05) is 6.54 Å². The highest BCUT2D eigenvalue weighted by Crippen LogP contribution is 2.27. The molecule has 4 rings (SSSR count). The van der Waals surface area contributed by atoms with E-state index in [1.165, 1.54) is 19.0 Å². The smallest absolute Gasteiger partial charge is 0.327 e. The number of methoxy groups -OCH3 is 1. The fourth-order valence-corrected chi connectivity index (χ4v) is 3.40. The Morgan fingerprint density at radius 2 is 2.15 bits per heavy atom. The zero-order valence-corrected chi connectivity index (χ0v) is 15.1. The first-order chi connectivity index (χ1) is 13.3. The minimum atomic E-state index is -0.367. The standard InChI is InChI=1S/C19H21N5O3/c1-26-17(25)11-24-19-16(10-22-24)18(20-13-21-19)23-7-8-27-12-15(23)9-14-5-3-2-4-6-14/h2-6,10,13,15H,7-9,11-12H2,1H3/t15-/m0/s1. The lowest BCUT2D eigenvalue weighted by atomic mass is 10.0. The maximum atomic E-state index is 11.6. The molecular formula is C19H21N5O3. The molecule has 0 radical (unpaired) electrons. The molecule has 3 aromatic rings. The number of anilines is 1. The summed E-state index contributed by atoms with van der Waals surface area (Å²) in [5, 5.41) is 5.12. The van der Waals surface area contributed by atoms with Gasteiger partial charge in [-0.1, -0.05) is 30.3 Å². The summed E-state index contributed by atoms with van der Waals surface area (Å²) in [5.41, 5.74) is 1.88. The predicted molar refractivity (Wildman–Crippen MR) is 99.4 cm³/mol. The second-order valence-electron chi connectivity index (χ2n) is 6.42. The van der Waals surface area contributed by atoms with Crippen molar-refractivity contribution in [1.82, 2.24) is 19.7 Å². The Bertz CT molecular complexity index is 927. The third-order valence-corrected chi connectivity index (χ3v) is 4.73. The fraction of sp³-hybridized carbons (Fsp3) is 0.368. The van der Waals surface area contributed by atoms with E-state index in [0.29, 0.717) is 18.9 Å². The van der Waals surface area contributed by atoms with Crippen LogP contribution in [0.2, 0.25) is 0 Å². The van der Waals surface area contributed by atoms with Crippen molar-refractivity contribution in [2.45, 2.75) is 19.0 Å². The average molecular weight is 367 g/mol. The van der Waals surface area contributed by atoms with Crippen molar-refractivity contribution in [3.8, 4) is 0 Å². The Hall–Kier alpha value is -3.00. The highest BCUT2D eigenvalue weighted by atomic mass is 16.5. The molecule has 8 nitrogen and oxygen atoms in total. The van der Waals surface area contributed by atoms with E-state index < -0.39 is 0 Å². The molecule has 27 heavy (non-hydrogen) atoms. The van der Waals surface area contributed by atoms with Crippen LogP contribution in [0.3, 0.4) is 0 Å². The molecule has 1 atom stereocenters. The first kappa shape index (κ1) is 17.4. The molecule has 8 heteroatoms. The van der Waals surface area contributed by atoms with Crippen LogP contribution in [0.25, 0.3) is 11.0 Å². The van der Waals surface area contributed by atoms with Crippen LogP contribution in [0.5, 0.6) is 0 Å². The molecule has 140 valence electrons. The number of carbonyl (C=O) groups excluding carboxylic acids is 1. The summed E-state index contributed by atoms with van der Waals surface area (Å²) in [4.78, 5) is 22.7. The lowest BCUT2D eigenvalue weighted by Gasteiger charge is -2.36. The van der Waals surface area contributed by atoms with E-state index in [1.807, 2.05) is 18.2 Å². The van der Waals surface area contributed by atoms with E-state index in [1.54, 1.807) is 10.9 Å². The van der Waals surface area contributed by atoms with E-state index >= 15 is 0 Å². The first-order valence-corrected chi connectivity index (χ1v) is 8.88. The van der Waals surface area contributed by atoms with Crippen molar-refractivity contribution >= 4 is 22.8 Å². The van der Waals surface area contributed by atoms with E-state index in [2.05, 4.69) is 32.1 Å². The molecule has 2 aromatic heterocycles. The number of hydrogen-bond acceptors (Lipinski definition) is 7. The van der Waals surface area contributed by atoms with Crippen molar-refractivity contribution in [2.75, 3.05) is 31.8 Å². The summed E-state index contributed by atoms with van der Waals surface area (Å²) in [5.74, 6) is 0.453. The number of morpholine rings is 1. The number of rotatable bonds is 5. The van der Waals surface area contributed by atoms with Crippen LogP contribution in [0, 0.1) is 0 Å². The van der Waals surface area contributed by atoms with Crippen LogP contribution in [0.15, 0.2) is 42.9 Å². The Morgan fingerprint density at radius 3 is 2.96 bits per heavy atom. The molecule has 0 saturated carbocycles. The van der Waals surface area contributed by atoms with Crippen molar-refractivity contribution in [1.29, 1.82) is 0 Å². The summed E-state index contributed by atoms with van der Waals surface area (Å²) in [6.45, 7) is 2.04. The molecule has 0 unspecified atom stereocenters. The van der Waals surface area contributed by atoms with Gasteiger partial charge in [-0.25, -0.2) is 14.6 Å². The van der Waals surface area contributed by atoms with Crippen LogP contribution in [-0.4, -0.2) is 58.6 Å². The number of carbonyl (C=O) groups is 1. The van der Waals surface area contributed by atoms with Gasteiger partial charge in [-0.3, -0.25) is 4.79 Å². The second-order valence-corrected chi connectivity index (χ2v) is 6.42. The Labute approximate surface area is 156 Å². The van der Waals surface area contributed by atoms with E-state index in [4.69, 9.17) is 9.47 Å². The molecule has 1 saturated heterocycles. The quantitative estimate of drug-likeness (QED) is 0.631. The summed E-state index contributed by atoms with van der Waals surface area (Å²) >= 11 is 0. The Kier molecular flexibility index (Phi) is 4.97. The van der Waals surface area contributed by atoms with E-state index in [0.717, 1.165) is 24.2 Å². The number of benzene rings is 1. The lowest BCUT2D eigenvalue weighted by Crippen LogP contribution is -2.47. The molecule has 0 N–H and O–H groups in total. The maximum Gasteiger partial charge on any atom is 0.327 e. The predicted octanol–water partition coefficient (Wildman–Crippen LogP) is 1.45. The maximum absolute atomic E-state index is 11.6. The van der Waals surface area contributed by atoms with Gasteiger partial charge in [-0.2, -0.15) is 5.10 Å². The van der Waals surface area contributed by atoms with Gasteiger partial charge in [0.15, 0.2) is 5.65 Å². The largest absolute Gasteiger partial charge is 0.468 e. The summed E-state index contributed by atoms with van der Waals surface area (Å²) < 4.78 is 12.0. The summed E-state index contributed by atoms with van der Waals surface area (Å²) in [6, 6.07) is 10.5. The average Bonchev–Trinajstić information content (AvgIpc) is 3.12. The van der Waals surface area contributed by atoms with Gasteiger partial charge in [-0.15, -0.1) is 0 Å². The van der Waals surface area contributed by atoms with Crippen molar-refractivity contribution < 1.29 is 14.3 Å². The van der Waals surface area contributed by atoms with Crippen molar-refractivity contribution in [2.24, 2.45) is 0 Å². The van der Waals surface area contributed by atoms with Gasteiger partial charge in [0.25, 0.3) is 0 Å². The number of aromatic nitrogens is 4. The topological polar surface area (TPSA) is 82.4 Å². The molecule has 1 aliphatic rings. The SMILES string of the molecule is COC(=O)Cn1ncc2c(N3CCOC[C@@H]3Cc3ccccc3)ncnc21. The van der Waals surface area contributed by atoms with E-state index in [-0.39, 0.29) is 18.6 Å². The molecule has 3 heterocycles. The molecule has 0 amide bonds. The first-order valence-electron chi connectivity index (χ1n) is 8.88. The molecule has 1 aliphatic heterocycles. The number of fused-ring (bicyclic) bond motifs is 1. The van der Waals surface area contributed by atoms with Gasteiger partial charge in [0.2, 0.25) is 0 Å². The zero-order chi connectivity index (χ0) is 18.6. The number of hydrogen-bond donors (Lipinski definition) is 0. The second kappa shape index (κ2) is 7.71. The third-order valence-electron chi connectivity index (χ3n) is 4.73. The summed E-state index contributed by atoms with van der Waals surface area (Å²) in [7, 11) is 1.36. The minimum Gasteiger partial charge on any atom is -0.468 e. The molecule has 0 bridgehead atoms. The molecule has 0 spiro atoms. The van der Waals surface area contributed by atoms with Crippen LogP contribution in [0.4, 0.5) is 5.82 Å². The van der Waals surface area contributed by atoms with Gasteiger partial charge in [0.05, 0.1) is 37.9 Å². The molecular weight excluding hydrogens is 346 g/mol. The lowest BCUT2D eigenvalue weighted by molar-refractivity contribution is -0.141.